The molecule has 2 N–H and O–H groups in total. The van der Waals surface area contributed by atoms with E-state index in [-0.39, 0.29) is 0 Å². The van der Waals surface area contributed by atoms with Gasteiger partial charge in [0.2, 0.25) is 0 Å². The van der Waals surface area contributed by atoms with Crippen LogP contribution in [0.15, 0.2) is 29.0 Å². The number of benzene rings is 1. The molecule has 0 fully saturated rings. The van der Waals surface area contributed by atoms with Gasteiger partial charge in [-0.15, -0.1) is 0 Å². The highest BCUT2D eigenvalue weighted by atomic mass is 32.1. The number of aryl methyl sites for hydroxylation is 1. The number of aromatic nitrogens is 2. The van der Waals surface area contributed by atoms with Gasteiger partial charge in [0.1, 0.15) is 11.6 Å². The lowest BCUT2D eigenvalue weighted by Crippen LogP contribution is -1.98. The second-order valence-corrected chi connectivity index (χ2v) is 5.03. The number of hydrogen-bond acceptors (Lipinski definition) is 5. The van der Waals surface area contributed by atoms with Crippen LogP contribution in [-0.2, 0) is 0 Å². The van der Waals surface area contributed by atoms with Gasteiger partial charge in [-0.1, -0.05) is 0 Å². The first-order valence-corrected chi connectivity index (χ1v) is 6.78. The van der Waals surface area contributed by atoms with Gasteiger partial charge in [0.25, 0.3) is 0 Å². The standard InChI is InChI=1S/C14H13N3OS/c1-8-6-19-7-11(8)14-16-12-4-3-9(18-2)5-10(12)13(15)17-14/h3-7H,1-2H3,(H2,15,16,17). The number of rotatable bonds is 2. The van der Waals surface area contributed by atoms with Gasteiger partial charge in [-0.2, -0.15) is 11.3 Å². The van der Waals surface area contributed by atoms with Crippen LogP contribution in [0.5, 0.6) is 5.75 Å². The fourth-order valence-electron chi connectivity index (χ4n) is 1.97. The maximum atomic E-state index is 6.03. The molecule has 0 aliphatic heterocycles. The van der Waals surface area contributed by atoms with Crippen molar-refractivity contribution in [2.45, 2.75) is 6.92 Å². The second-order valence-electron chi connectivity index (χ2n) is 4.28. The first kappa shape index (κ1) is 11.9. The van der Waals surface area contributed by atoms with Crippen LogP contribution in [-0.4, -0.2) is 17.1 Å². The van der Waals surface area contributed by atoms with Crippen molar-refractivity contribution in [3.63, 3.8) is 0 Å². The van der Waals surface area contributed by atoms with Gasteiger partial charge >= 0.3 is 0 Å². The quantitative estimate of drug-likeness (QED) is 0.777. The minimum absolute atomic E-state index is 0.476. The van der Waals surface area contributed by atoms with E-state index >= 15 is 0 Å². The number of hydrogen-bond donors (Lipinski definition) is 1. The van der Waals surface area contributed by atoms with Gasteiger partial charge in [-0.3, -0.25) is 0 Å². The highest BCUT2D eigenvalue weighted by Gasteiger charge is 2.10. The van der Waals surface area contributed by atoms with Crippen LogP contribution in [0.1, 0.15) is 5.56 Å². The normalized spacial score (nSPS) is 10.8. The van der Waals surface area contributed by atoms with Crippen LogP contribution in [0.4, 0.5) is 5.82 Å². The molecule has 96 valence electrons. The van der Waals surface area contributed by atoms with Gasteiger partial charge in [0.15, 0.2) is 5.82 Å². The van der Waals surface area contributed by atoms with E-state index in [0.29, 0.717) is 11.6 Å². The first-order chi connectivity index (χ1) is 9.19. The molecule has 0 spiro atoms. The molecule has 0 bridgehead atoms. The van der Waals surface area contributed by atoms with Crippen LogP contribution in [0.3, 0.4) is 0 Å². The Morgan fingerprint density at radius 2 is 2.05 bits per heavy atom. The fourth-order valence-corrected chi connectivity index (χ4v) is 2.79. The SMILES string of the molecule is COc1ccc2nc(-c3cscc3C)nc(N)c2c1. The number of nitrogens with zero attached hydrogens (tertiary/aromatic N) is 2. The zero-order valence-electron chi connectivity index (χ0n) is 10.7. The van der Waals surface area contributed by atoms with E-state index < -0.39 is 0 Å². The van der Waals surface area contributed by atoms with E-state index in [1.165, 1.54) is 0 Å². The topological polar surface area (TPSA) is 61.0 Å². The highest BCUT2D eigenvalue weighted by Crippen LogP contribution is 2.29. The van der Waals surface area contributed by atoms with E-state index in [0.717, 1.165) is 27.8 Å². The Balaban J connectivity index is 2.23. The summed E-state index contributed by atoms with van der Waals surface area (Å²) in [6.07, 6.45) is 0. The van der Waals surface area contributed by atoms with E-state index in [4.69, 9.17) is 10.5 Å². The minimum Gasteiger partial charge on any atom is -0.497 e. The Hall–Kier alpha value is -2.14. The zero-order valence-corrected chi connectivity index (χ0v) is 11.5. The molecule has 0 atom stereocenters. The number of methoxy groups -OCH3 is 1. The van der Waals surface area contributed by atoms with Crippen LogP contribution in [0, 0.1) is 6.92 Å². The third kappa shape index (κ3) is 2.02. The first-order valence-electron chi connectivity index (χ1n) is 5.83. The predicted molar refractivity (Wildman–Crippen MR) is 78.6 cm³/mol. The van der Waals surface area contributed by atoms with Gasteiger partial charge < -0.3 is 10.5 Å². The van der Waals surface area contributed by atoms with E-state index in [1.807, 2.05) is 30.5 Å². The fraction of sp³-hybridized carbons (Fsp3) is 0.143. The number of thiophene rings is 1. The molecule has 2 heterocycles. The van der Waals surface area contributed by atoms with Crippen LogP contribution in [0.25, 0.3) is 22.3 Å². The lowest BCUT2D eigenvalue weighted by molar-refractivity contribution is 0.415. The average Bonchev–Trinajstić information content (AvgIpc) is 2.84. The summed E-state index contributed by atoms with van der Waals surface area (Å²) in [5.74, 6) is 1.90. The second kappa shape index (κ2) is 4.51. The Bertz CT molecular complexity index is 752. The molecule has 0 radical (unpaired) electrons. The average molecular weight is 271 g/mol. The van der Waals surface area contributed by atoms with Crippen molar-refractivity contribution in [3.05, 3.63) is 34.5 Å². The molecule has 0 saturated heterocycles. The van der Waals surface area contributed by atoms with Gasteiger partial charge in [-0.25, -0.2) is 9.97 Å². The Morgan fingerprint density at radius 1 is 1.21 bits per heavy atom. The van der Waals surface area contributed by atoms with Crippen molar-refractivity contribution in [2.75, 3.05) is 12.8 Å². The molecule has 5 heteroatoms. The summed E-state index contributed by atoms with van der Waals surface area (Å²) in [5.41, 5.74) is 9.06. The number of nitrogen functional groups attached to an aromatic ring is 1. The highest BCUT2D eigenvalue weighted by molar-refractivity contribution is 7.08. The Labute approximate surface area is 114 Å². The van der Waals surface area contributed by atoms with Gasteiger partial charge in [0, 0.05) is 16.3 Å². The third-order valence-corrected chi connectivity index (χ3v) is 3.89. The van der Waals surface area contributed by atoms with Crippen molar-refractivity contribution in [2.24, 2.45) is 0 Å². The molecule has 0 saturated carbocycles. The van der Waals surface area contributed by atoms with Crippen molar-refractivity contribution in [3.8, 4) is 17.1 Å². The summed E-state index contributed by atoms with van der Waals surface area (Å²) in [6, 6.07) is 5.63. The van der Waals surface area contributed by atoms with E-state index in [1.54, 1.807) is 18.4 Å². The van der Waals surface area contributed by atoms with Crippen molar-refractivity contribution >= 4 is 28.1 Å². The maximum absolute atomic E-state index is 6.03. The maximum Gasteiger partial charge on any atom is 0.163 e. The molecule has 3 rings (SSSR count). The van der Waals surface area contributed by atoms with Crippen molar-refractivity contribution in [1.82, 2.24) is 9.97 Å². The lowest BCUT2D eigenvalue weighted by Gasteiger charge is -2.07. The smallest absolute Gasteiger partial charge is 0.163 e. The molecule has 2 aromatic heterocycles. The third-order valence-electron chi connectivity index (χ3n) is 3.03. The lowest BCUT2D eigenvalue weighted by atomic mass is 10.2. The molecule has 0 aliphatic rings. The molecular formula is C14H13N3OS. The number of ether oxygens (including phenoxy) is 1. The molecule has 1 aromatic carbocycles. The summed E-state index contributed by atoms with van der Waals surface area (Å²) in [6.45, 7) is 2.05. The monoisotopic (exact) mass is 271 g/mol. The molecule has 3 aromatic rings. The van der Waals surface area contributed by atoms with Gasteiger partial charge in [-0.05, 0) is 36.1 Å². The minimum atomic E-state index is 0.476. The zero-order chi connectivity index (χ0) is 13.4. The van der Waals surface area contributed by atoms with Crippen LogP contribution < -0.4 is 10.5 Å². The largest absolute Gasteiger partial charge is 0.497 e. The summed E-state index contributed by atoms with van der Waals surface area (Å²) in [5, 5.41) is 4.93. The number of fused-ring (bicyclic) bond motifs is 1. The van der Waals surface area contributed by atoms with Gasteiger partial charge in [0.05, 0.1) is 12.6 Å². The van der Waals surface area contributed by atoms with E-state index in [2.05, 4.69) is 15.3 Å². The van der Waals surface area contributed by atoms with Crippen LogP contribution >= 0.6 is 11.3 Å². The molecule has 4 nitrogen and oxygen atoms in total. The summed E-state index contributed by atoms with van der Waals surface area (Å²) in [7, 11) is 1.63. The van der Waals surface area contributed by atoms with Crippen molar-refractivity contribution in [1.29, 1.82) is 0 Å². The Kier molecular flexibility index (Phi) is 2.83. The Morgan fingerprint density at radius 3 is 2.74 bits per heavy atom. The summed E-state index contributed by atoms with van der Waals surface area (Å²) in [4.78, 5) is 8.97. The molecule has 0 amide bonds. The molecule has 0 unspecified atom stereocenters. The number of nitrogens with two attached hydrogens (primary N) is 1. The summed E-state index contributed by atoms with van der Waals surface area (Å²) < 4.78 is 5.19. The predicted octanol–water partition coefficient (Wildman–Crippen LogP) is 3.26. The van der Waals surface area contributed by atoms with Crippen LogP contribution in [0.2, 0.25) is 0 Å². The molecular weight excluding hydrogens is 258 g/mol. The molecule has 0 aliphatic carbocycles. The van der Waals surface area contributed by atoms with Crippen molar-refractivity contribution < 1.29 is 4.74 Å². The number of anilines is 1. The summed E-state index contributed by atoms with van der Waals surface area (Å²) >= 11 is 1.64. The molecule has 19 heavy (non-hydrogen) atoms. The van der Waals surface area contributed by atoms with E-state index in [9.17, 15) is 0 Å².